The van der Waals surface area contributed by atoms with Crippen LogP contribution in [0.3, 0.4) is 0 Å². The predicted molar refractivity (Wildman–Crippen MR) is 67.3 cm³/mol. The number of hydrogen-bond acceptors (Lipinski definition) is 5. The molecule has 7 nitrogen and oxygen atoms in total. The van der Waals surface area contributed by atoms with Crippen molar-refractivity contribution in [3.63, 3.8) is 0 Å². The smallest absolute Gasteiger partial charge is 0.308 e. The summed E-state index contributed by atoms with van der Waals surface area (Å²) in [5, 5.41) is 20.5. The van der Waals surface area contributed by atoms with Crippen molar-refractivity contribution in [1.29, 1.82) is 0 Å². The molecule has 0 aliphatic carbocycles. The molecule has 1 N–H and O–H groups in total. The number of aliphatic carboxylic acids is 1. The summed E-state index contributed by atoms with van der Waals surface area (Å²) in [5.74, 6) is -0.940. The van der Waals surface area contributed by atoms with Crippen LogP contribution in [0.4, 0.5) is 0 Å². The first-order valence-corrected chi connectivity index (χ1v) is 5.94. The van der Waals surface area contributed by atoms with Crippen LogP contribution in [-0.2, 0) is 4.79 Å². The van der Waals surface area contributed by atoms with Gasteiger partial charge in [0.05, 0.1) is 12.0 Å². The zero-order valence-corrected chi connectivity index (χ0v) is 11.0. The van der Waals surface area contributed by atoms with E-state index >= 15 is 0 Å². The van der Waals surface area contributed by atoms with Gasteiger partial charge in [0.25, 0.3) is 0 Å². The molecule has 2 aromatic heterocycles. The maximum atomic E-state index is 11.0. The van der Waals surface area contributed by atoms with Crippen LogP contribution in [0.1, 0.15) is 25.6 Å². The van der Waals surface area contributed by atoms with Crippen LogP contribution in [-0.4, -0.2) is 36.3 Å². The number of hydrogen-bond donors (Lipinski definition) is 1. The van der Waals surface area contributed by atoms with E-state index < -0.39 is 11.9 Å². The van der Waals surface area contributed by atoms with Crippen LogP contribution in [0.15, 0.2) is 18.3 Å². The second kappa shape index (κ2) is 5.13. The van der Waals surface area contributed by atoms with Gasteiger partial charge in [-0.05, 0) is 43.3 Å². The molecular formula is C12H15N5O2. The Morgan fingerprint density at radius 2 is 2.11 bits per heavy atom. The average molecular weight is 261 g/mol. The lowest BCUT2D eigenvalue weighted by atomic mass is 10.0. The summed E-state index contributed by atoms with van der Waals surface area (Å²) in [7, 11) is 0. The lowest BCUT2D eigenvalue weighted by Gasteiger charge is -2.17. The van der Waals surface area contributed by atoms with E-state index in [1.807, 2.05) is 19.1 Å². The second-order valence-electron chi connectivity index (χ2n) is 4.50. The largest absolute Gasteiger partial charge is 0.481 e. The first-order chi connectivity index (χ1) is 9.00. The highest BCUT2D eigenvalue weighted by Gasteiger charge is 2.25. The van der Waals surface area contributed by atoms with Crippen molar-refractivity contribution < 1.29 is 9.90 Å². The Morgan fingerprint density at radius 1 is 1.37 bits per heavy atom. The van der Waals surface area contributed by atoms with Gasteiger partial charge in [-0.3, -0.25) is 9.78 Å². The molecule has 2 atom stereocenters. The molecule has 7 heteroatoms. The predicted octanol–water partition coefficient (Wildman–Crippen LogP) is 1.33. The summed E-state index contributed by atoms with van der Waals surface area (Å²) in [4.78, 5) is 15.2. The Labute approximate surface area is 110 Å². The fourth-order valence-electron chi connectivity index (χ4n) is 1.68. The third kappa shape index (κ3) is 2.59. The maximum Gasteiger partial charge on any atom is 0.308 e. The lowest BCUT2D eigenvalue weighted by Crippen LogP contribution is -2.23. The molecule has 0 aromatic carbocycles. The lowest BCUT2D eigenvalue weighted by molar-refractivity contribution is -0.142. The number of tetrazole rings is 1. The zero-order chi connectivity index (χ0) is 14.0. The number of rotatable bonds is 4. The number of carboxylic acid groups (broad SMARTS) is 1. The molecule has 0 saturated carbocycles. The van der Waals surface area contributed by atoms with Gasteiger partial charge in [0, 0.05) is 17.5 Å². The van der Waals surface area contributed by atoms with Crippen LogP contribution in [0.5, 0.6) is 0 Å². The number of carbonyl (C=O) groups is 1. The summed E-state index contributed by atoms with van der Waals surface area (Å²) < 4.78 is 1.52. The average Bonchev–Trinajstić information content (AvgIpc) is 2.87. The van der Waals surface area contributed by atoms with Gasteiger partial charge in [0.2, 0.25) is 0 Å². The highest BCUT2D eigenvalue weighted by molar-refractivity contribution is 5.70. The molecule has 19 heavy (non-hydrogen) atoms. The van der Waals surface area contributed by atoms with E-state index in [9.17, 15) is 4.79 Å². The molecule has 0 fully saturated rings. The first-order valence-electron chi connectivity index (χ1n) is 5.94. The number of aromatic nitrogens is 5. The Bertz CT molecular complexity index is 578. The quantitative estimate of drug-likeness (QED) is 0.892. The van der Waals surface area contributed by atoms with Gasteiger partial charge in [-0.1, -0.05) is 0 Å². The Kier molecular flexibility index (Phi) is 3.55. The fourth-order valence-corrected chi connectivity index (χ4v) is 1.68. The van der Waals surface area contributed by atoms with E-state index in [-0.39, 0.29) is 6.04 Å². The minimum absolute atomic E-state index is 0.344. The molecule has 100 valence electrons. The number of nitrogens with zero attached hydrogens (tertiary/aromatic N) is 5. The van der Waals surface area contributed by atoms with Crippen LogP contribution in [0.2, 0.25) is 0 Å². The normalized spacial score (nSPS) is 14.1. The molecule has 0 aliphatic rings. The molecule has 0 radical (unpaired) electrons. The molecule has 0 aliphatic heterocycles. The maximum absolute atomic E-state index is 11.0. The third-order valence-electron chi connectivity index (χ3n) is 3.16. The van der Waals surface area contributed by atoms with Crippen molar-refractivity contribution in [2.24, 2.45) is 5.92 Å². The third-order valence-corrected chi connectivity index (χ3v) is 3.16. The van der Waals surface area contributed by atoms with Gasteiger partial charge in [0.15, 0.2) is 5.82 Å². The van der Waals surface area contributed by atoms with Crippen molar-refractivity contribution in [2.75, 3.05) is 0 Å². The second-order valence-corrected chi connectivity index (χ2v) is 4.50. The van der Waals surface area contributed by atoms with E-state index in [1.54, 1.807) is 20.0 Å². The van der Waals surface area contributed by atoms with Gasteiger partial charge in [-0.25, -0.2) is 4.68 Å². The van der Waals surface area contributed by atoms with Gasteiger partial charge < -0.3 is 5.11 Å². The molecule has 2 unspecified atom stereocenters. The van der Waals surface area contributed by atoms with E-state index in [4.69, 9.17) is 5.11 Å². The molecule has 0 spiro atoms. The van der Waals surface area contributed by atoms with E-state index in [0.717, 1.165) is 11.3 Å². The standard InChI is InChI=1S/C12H15N5O2/c1-7-4-5-10(6-13-7)11-14-15-16-17(11)9(3)8(2)12(18)19/h4-6,8-9H,1-3H3,(H,18,19). The Balaban J connectivity index is 2.37. The Hall–Kier alpha value is -2.31. The van der Waals surface area contributed by atoms with Crippen LogP contribution >= 0.6 is 0 Å². The van der Waals surface area contributed by atoms with Crippen LogP contribution in [0, 0.1) is 12.8 Å². The van der Waals surface area contributed by atoms with Crippen molar-refractivity contribution >= 4 is 5.97 Å². The topological polar surface area (TPSA) is 93.8 Å². The molecule has 2 rings (SSSR count). The van der Waals surface area contributed by atoms with E-state index in [0.29, 0.717) is 5.82 Å². The van der Waals surface area contributed by atoms with Gasteiger partial charge in [-0.15, -0.1) is 5.10 Å². The molecule has 2 aromatic rings. The van der Waals surface area contributed by atoms with Crippen molar-refractivity contribution in [2.45, 2.75) is 26.8 Å². The first kappa shape index (κ1) is 13.1. The summed E-state index contributed by atoms with van der Waals surface area (Å²) >= 11 is 0. The minimum Gasteiger partial charge on any atom is -0.481 e. The van der Waals surface area contributed by atoms with Crippen LogP contribution < -0.4 is 0 Å². The molecule has 0 bridgehead atoms. The summed E-state index contributed by atoms with van der Waals surface area (Å²) in [6.45, 7) is 5.30. The summed E-state index contributed by atoms with van der Waals surface area (Å²) in [5.41, 5.74) is 1.66. The number of pyridine rings is 1. The molecule has 0 saturated heterocycles. The summed E-state index contributed by atoms with van der Waals surface area (Å²) in [6.07, 6.45) is 1.68. The highest BCUT2D eigenvalue weighted by Crippen LogP contribution is 2.23. The van der Waals surface area contributed by atoms with Gasteiger partial charge in [-0.2, -0.15) is 0 Å². The van der Waals surface area contributed by atoms with Crippen molar-refractivity contribution in [3.05, 3.63) is 24.0 Å². The Morgan fingerprint density at radius 3 is 2.68 bits per heavy atom. The fraction of sp³-hybridized carbons (Fsp3) is 0.417. The molecule has 0 amide bonds. The van der Waals surface area contributed by atoms with Crippen molar-refractivity contribution in [3.8, 4) is 11.4 Å². The van der Waals surface area contributed by atoms with Gasteiger partial charge in [0.1, 0.15) is 0 Å². The number of carboxylic acids is 1. The van der Waals surface area contributed by atoms with Crippen molar-refractivity contribution in [1.82, 2.24) is 25.2 Å². The summed E-state index contributed by atoms with van der Waals surface area (Å²) in [6, 6.07) is 3.38. The zero-order valence-electron chi connectivity index (χ0n) is 11.0. The van der Waals surface area contributed by atoms with Gasteiger partial charge >= 0.3 is 5.97 Å². The van der Waals surface area contributed by atoms with Crippen LogP contribution in [0.25, 0.3) is 11.4 Å². The SMILES string of the molecule is Cc1ccc(-c2nnnn2C(C)C(C)C(=O)O)cn1. The highest BCUT2D eigenvalue weighted by atomic mass is 16.4. The van der Waals surface area contributed by atoms with E-state index in [1.165, 1.54) is 4.68 Å². The molecular weight excluding hydrogens is 246 g/mol. The monoisotopic (exact) mass is 261 g/mol. The minimum atomic E-state index is -0.879. The number of aryl methyl sites for hydroxylation is 1. The van der Waals surface area contributed by atoms with E-state index in [2.05, 4.69) is 20.5 Å². The molecule has 2 heterocycles.